The van der Waals surface area contributed by atoms with E-state index < -0.39 is 18.1 Å². The number of fused-ring (bicyclic) bond motifs is 1. The molecule has 2 N–H and O–H groups in total. The fraction of sp³-hybridized carbons (Fsp3) is 0.424. The van der Waals surface area contributed by atoms with E-state index in [1.807, 2.05) is 49.5 Å². The first-order valence-electron chi connectivity index (χ1n) is 15.5. The first kappa shape index (κ1) is 29.3. The lowest BCUT2D eigenvalue weighted by atomic mass is 9.96. The number of nitrogens with one attached hydrogen (secondary N) is 2. The molecule has 0 bridgehead atoms. The number of anilines is 4. The van der Waals surface area contributed by atoms with Crippen molar-refractivity contribution in [3.63, 3.8) is 0 Å². The smallest absolute Gasteiger partial charge is 0.271 e. The van der Waals surface area contributed by atoms with E-state index in [2.05, 4.69) is 37.6 Å². The van der Waals surface area contributed by atoms with Crippen molar-refractivity contribution in [3.05, 3.63) is 72.1 Å². The lowest BCUT2D eigenvalue weighted by Gasteiger charge is -2.35. The summed E-state index contributed by atoms with van der Waals surface area (Å²) < 4.78 is 31.9. The van der Waals surface area contributed by atoms with Gasteiger partial charge in [-0.2, -0.15) is 0 Å². The summed E-state index contributed by atoms with van der Waals surface area (Å²) >= 11 is 0. The number of imidazole rings is 1. The second kappa shape index (κ2) is 12.5. The molecule has 1 amide bonds. The molecule has 7 rings (SSSR count). The van der Waals surface area contributed by atoms with Gasteiger partial charge in [0.15, 0.2) is 23.4 Å². The van der Waals surface area contributed by atoms with Crippen molar-refractivity contribution >= 4 is 34.4 Å². The highest BCUT2D eigenvalue weighted by molar-refractivity contribution is 5.94. The van der Waals surface area contributed by atoms with E-state index in [9.17, 15) is 9.18 Å². The number of aromatic nitrogens is 3. The fourth-order valence-electron chi connectivity index (χ4n) is 6.10. The molecule has 2 aromatic carbocycles. The van der Waals surface area contributed by atoms with E-state index in [-0.39, 0.29) is 12.0 Å². The summed E-state index contributed by atoms with van der Waals surface area (Å²) in [6.07, 6.45) is 2.77. The average Bonchev–Trinajstić information content (AvgIpc) is 3.42. The first-order valence-corrected chi connectivity index (χ1v) is 15.5. The van der Waals surface area contributed by atoms with Gasteiger partial charge in [-0.3, -0.25) is 4.79 Å². The van der Waals surface area contributed by atoms with Gasteiger partial charge in [-0.25, -0.2) is 13.9 Å². The highest BCUT2D eigenvalue weighted by Crippen LogP contribution is 2.32. The zero-order chi connectivity index (χ0) is 30.9. The minimum atomic E-state index is -1.01. The van der Waals surface area contributed by atoms with E-state index in [1.54, 1.807) is 7.11 Å². The Hall–Kier alpha value is -4.42. The van der Waals surface area contributed by atoms with Crippen LogP contribution in [0.1, 0.15) is 35.3 Å². The van der Waals surface area contributed by atoms with E-state index in [0.717, 1.165) is 54.3 Å². The number of methoxy groups -OCH3 is 1. The summed E-state index contributed by atoms with van der Waals surface area (Å²) in [5, 5.41) is 11.0. The van der Waals surface area contributed by atoms with Crippen molar-refractivity contribution in [3.8, 4) is 5.75 Å². The summed E-state index contributed by atoms with van der Waals surface area (Å²) in [6.45, 7) is 3.81. The third kappa shape index (κ3) is 6.38. The van der Waals surface area contributed by atoms with Crippen LogP contribution in [0.25, 0.3) is 5.65 Å². The topological polar surface area (TPSA) is 105 Å². The Labute approximate surface area is 261 Å². The number of alkyl halides is 1. The second-order valence-corrected chi connectivity index (χ2v) is 11.9. The highest BCUT2D eigenvalue weighted by Gasteiger charge is 2.39. The normalized spacial score (nSPS) is 20.4. The summed E-state index contributed by atoms with van der Waals surface area (Å²) in [7, 11) is 3.62. The number of piperidine rings is 1. The van der Waals surface area contributed by atoms with Crippen molar-refractivity contribution in [1.82, 2.24) is 19.9 Å². The monoisotopic (exact) mass is 615 g/mol. The molecule has 2 aliphatic heterocycles. The predicted molar refractivity (Wildman–Crippen MR) is 169 cm³/mol. The maximum absolute atomic E-state index is 13.6. The van der Waals surface area contributed by atoms with Crippen molar-refractivity contribution in [2.24, 2.45) is 5.92 Å². The lowest BCUT2D eigenvalue weighted by molar-refractivity contribution is -0.0889. The van der Waals surface area contributed by atoms with Gasteiger partial charge in [-0.05, 0) is 48.7 Å². The summed E-state index contributed by atoms with van der Waals surface area (Å²) in [5.74, 6) is 1.36. The van der Waals surface area contributed by atoms with Crippen LogP contribution >= 0.6 is 0 Å². The van der Waals surface area contributed by atoms with Crippen LogP contribution < -0.4 is 25.2 Å². The predicted octanol–water partition coefficient (Wildman–Crippen LogP) is 4.55. The van der Waals surface area contributed by atoms with E-state index >= 15 is 0 Å². The Morgan fingerprint density at radius 2 is 1.87 bits per heavy atom. The molecule has 236 valence electrons. The molecule has 4 aromatic rings. The number of halogens is 1. The Kier molecular flexibility index (Phi) is 8.16. The molecule has 3 fully saturated rings. The molecular formula is C33H38FN7O4. The maximum atomic E-state index is 13.6. The third-order valence-corrected chi connectivity index (χ3v) is 8.76. The number of carbonyl (C=O) groups excluding carboxylic acids is 1. The van der Waals surface area contributed by atoms with E-state index in [1.165, 1.54) is 10.7 Å². The number of hydrogen-bond acceptors (Lipinski definition) is 9. The van der Waals surface area contributed by atoms with Crippen LogP contribution in [0.5, 0.6) is 5.75 Å². The second-order valence-electron chi connectivity index (χ2n) is 11.9. The largest absolute Gasteiger partial charge is 0.497 e. The van der Waals surface area contributed by atoms with Crippen molar-refractivity contribution in [2.45, 2.75) is 44.3 Å². The molecule has 45 heavy (non-hydrogen) atoms. The lowest BCUT2D eigenvalue weighted by Crippen LogP contribution is -2.38. The molecule has 2 aromatic heterocycles. The molecule has 1 saturated carbocycles. The van der Waals surface area contributed by atoms with Gasteiger partial charge in [0.25, 0.3) is 5.91 Å². The van der Waals surface area contributed by atoms with Gasteiger partial charge < -0.3 is 34.6 Å². The molecule has 4 heterocycles. The van der Waals surface area contributed by atoms with Gasteiger partial charge in [-0.1, -0.05) is 18.2 Å². The number of benzene rings is 2. The van der Waals surface area contributed by atoms with Gasteiger partial charge in [0.1, 0.15) is 11.9 Å². The number of amides is 1. The van der Waals surface area contributed by atoms with Crippen LogP contribution in [0.3, 0.4) is 0 Å². The van der Waals surface area contributed by atoms with Crippen LogP contribution in [-0.4, -0.2) is 79.5 Å². The van der Waals surface area contributed by atoms with E-state index in [0.29, 0.717) is 43.6 Å². The summed E-state index contributed by atoms with van der Waals surface area (Å²) in [4.78, 5) is 22.1. The molecule has 0 spiro atoms. The quantitative estimate of drug-likeness (QED) is 0.266. The molecule has 12 heteroatoms. The molecule has 1 aliphatic carbocycles. The van der Waals surface area contributed by atoms with Crippen LogP contribution in [0.2, 0.25) is 0 Å². The first-order chi connectivity index (χ1) is 21.9. The fourth-order valence-corrected chi connectivity index (χ4v) is 6.10. The van der Waals surface area contributed by atoms with Crippen molar-refractivity contribution < 1.29 is 23.4 Å². The molecule has 2 saturated heterocycles. The summed E-state index contributed by atoms with van der Waals surface area (Å²) in [5.41, 5.74) is 4.64. The standard InChI is InChI=1S/C33H38FN7O4/c1-39(20-21-6-8-25(43-2)9-7-21)28-18-30(38-41-29(19-35-31(28)41)32(42)37-27-17-26(27)34)36-23-4-3-5-24(16-23)40-12-10-22(11-13-40)33-44-14-15-45-33/h3-9,16,18-19,22,26-27,33H,10-15,17,20H2,1-2H3,(H,36,38)(H,37,42)/t26-,27+/m0/s1. The van der Waals surface area contributed by atoms with Gasteiger partial charge in [0, 0.05) is 56.5 Å². The minimum Gasteiger partial charge on any atom is -0.497 e. The average molecular weight is 616 g/mol. The molecule has 0 radical (unpaired) electrons. The molecule has 3 aliphatic rings. The van der Waals surface area contributed by atoms with Crippen molar-refractivity contribution in [2.75, 3.05) is 55.6 Å². The SMILES string of the molecule is COc1ccc(CN(C)c2cc(Nc3cccc(N4CCC(C5OCCO5)CC4)c3)nn3c(C(=O)N[C@@H]4C[C@@H]4F)cnc23)cc1. The van der Waals surface area contributed by atoms with Crippen LogP contribution in [-0.2, 0) is 16.0 Å². The molecule has 0 unspecified atom stereocenters. The van der Waals surface area contributed by atoms with Crippen LogP contribution in [0, 0.1) is 5.92 Å². The molecular weight excluding hydrogens is 577 g/mol. The number of rotatable bonds is 10. The zero-order valence-corrected chi connectivity index (χ0v) is 25.5. The van der Waals surface area contributed by atoms with Crippen molar-refractivity contribution in [1.29, 1.82) is 0 Å². The third-order valence-electron chi connectivity index (χ3n) is 8.76. The Morgan fingerprint density at radius 3 is 2.58 bits per heavy atom. The number of ether oxygens (including phenoxy) is 3. The summed E-state index contributed by atoms with van der Waals surface area (Å²) in [6, 6.07) is 17.6. The Bertz CT molecular complexity index is 1650. The Morgan fingerprint density at radius 1 is 1.11 bits per heavy atom. The van der Waals surface area contributed by atoms with E-state index in [4.69, 9.17) is 19.3 Å². The van der Waals surface area contributed by atoms with Crippen LogP contribution in [0.15, 0.2) is 60.8 Å². The number of hydrogen-bond donors (Lipinski definition) is 2. The maximum Gasteiger partial charge on any atom is 0.271 e. The number of carbonyl (C=O) groups is 1. The highest BCUT2D eigenvalue weighted by atomic mass is 19.1. The molecule has 11 nitrogen and oxygen atoms in total. The van der Waals surface area contributed by atoms with Gasteiger partial charge in [0.05, 0.1) is 38.2 Å². The van der Waals surface area contributed by atoms with Gasteiger partial charge >= 0.3 is 0 Å². The molecule has 2 atom stereocenters. The van der Waals surface area contributed by atoms with Gasteiger partial charge in [-0.15, -0.1) is 5.10 Å². The van der Waals surface area contributed by atoms with Crippen LogP contribution in [0.4, 0.5) is 27.3 Å². The zero-order valence-electron chi connectivity index (χ0n) is 25.5. The minimum absolute atomic E-state index is 0.0731. The van der Waals surface area contributed by atoms with Gasteiger partial charge in [0.2, 0.25) is 0 Å². The Balaban J connectivity index is 1.14. The number of nitrogens with zero attached hydrogens (tertiary/aromatic N) is 5.